The number of ether oxygens (including phenoxy) is 1. The molecule has 0 atom stereocenters. The third-order valence-electron chi connectivity index (χ3n) is 6.19. The van der Waals surface area contributed by atoms with Gasteiger partial charge in [-0.05, 0) is 44.4 Å². The van der Waals surface area contributed by atoms with Crippen LogP contribution >= 0.6 is 24.0 Å². The molecule has 0 aliphatic heterocycles. The van der Waals surface area contributed by atoms with Crippen molar-refractivity contribution < 1.29 is 9.53 Å². The number of imidazole rings is 1. The van der Waals surface area contributed by atoms with Gasteiger partial charge in [-0.2, -0.15) is 4.98 Å². The summed E-state index contributed by atoms with van der Waals surface area (Å²) in [6.07, 6.45) is 2.77. The van der Waals surface area contributed by atoms with Gasteiger partial charge >= 0.3 is 5.69 Å². The van der Waals surface area contributed by atoms with Gasteiger partial charge in [0.25, 0.3) is 0 Å². The molecule has 11 nitrogen and oxygen atoms in total. The van der Waals surface area contributed by atoms with Gasteiger partial charge in [-0.25, -0.2) is 14.3 Å². The summed E-state index contributed by atoms with van der Waals surface area (Å²) in [7, 11) is 9.18. The Bertz CT molecular complexity index is 1600. The number of hydrogen-bond donors (Lipinski definition) is 2. The SMILES string of the molecule is C=CC(=O)Nc1cc(Nc2nccc(-n3c(=O)n(C)c4cc(Cl)ccc43)n2)c(OC)cc1N(C)CCN(C)C.Cl. The average molecular weight is 588 g/mol. The molecule has 2 aromatic carbocycles. The molecule has 0 spiro atoms. The monoisotopic (exact) mass is 586 g/mol. The molecule has 2 aromatic heterocycles. The fourth-order valence-electron chi connectivity index (χ4n) is 4.09. The Hall–Kier alpha value is -4.06. The largest absolute Gasteiger partial charge is 0.494 e. The zero-order valence-corrected chi connectivity index (χ0v) is 24.5. The number of rotatable bonds is 10. The number of methoxy groups -OCH3 is 1. The predicted octanol–water partition coefficient (Wildman–Crippen LogP) is 4.07. The first-order valence-corrected chi connectivity index (χ1v) is 12.5. The van der Waals surface area contributed by atoms with Crippen LogP contribution in [0.15, 0.2) is 60.0 Å². The second-order valence-electron chi connectivity index (χ2n) is 9.16. The average Bonchev–Trinajstić information content (AvgIpc) is 3.16. The number of anilines is 4. The van der Waals surface area contributed by atoms with Gasteiger partial charge < -0.3 is 25.2 Å². The molecule has 0 saturated heterocycles. The normalized spacial score (nSPS) is 10.8. The van der Waals surface area contributed by atoms with Crippen LogP contribution in [0.3, 0.4) is 0 Å². The standard InChI is InChI=1S/C27H31ClN8O3.ClH/c1-7-25(37)30-18-15-19(23(39-6)16-21(18)34(4)13-12-33(2)3)31-26-29-11-10-24(32-26)36-20-9-8-17(28)14-22(20)35(5)27(36)38;/h7-11,14-16H,1,12-13H2,2-6H3,(H,30,37)(H,29,31,32);1H. The van der Waals surface area contributed by atoms with Crippen LogP contribution in [0.25, 0.3) is 16.9 Å². The van der Waals surface area contributed by atoms with E-state index < -0.39 is 0 Å². The van der Waals surface area contributed by atoms with E-state index in [1.165, 1.54) is 15.2 Å². The van der Waals surface area contributed by atoms with Crippen LogP contribution in [0, 0.1) is 0 Å². The van der Waals surface area contributed by atoms with Gasteiger partial charge in [0.15, 0.2) is 0 Å². The van der Waals surface area contributed by atoms with Gasteiger partial charge in [0, 0.05) is 50.5 Å². The smallest absolute Gasteiger partial charge is 0.334 e. The van der Waals surface area contributed by atoms with Crippen LogP contribution in [-0.2, 0) is 11.8 Å². The van der Waals surface area contributed by atoms with Crippen molar-refractivity contribution in [3.63, 3.8) is 0 Å². The topological polar surface area (TPSA) is 110 Å². The first-order chi connectivity index (χ1) is 18.6. The minimum absolute atomic E-state index is 0. The lowest BCUT2D eigenvalue weighted by Crippen LogP contribution is -2.29. The lowest BCUT2D eigenvalue weighted by molar-refractivity contribution is -0.111. The first kappa shape index (κ1) is 30.5. The third kappa shape index (κ3) is 6.39. The predicted molar refractivity (Wildman–Crippen MR) is 163 cm³/mol. The van der Waals surface area contributed by atoms with E-state index in [1.54, 1.807) is 50.7 Å². The number of hydrogen-bond acceptors (Lipinski definition) is 8. The van der Waals surface area contributed by atoms with Crippen LogP contribution in [-0.4, -0.2) is 71.3 Å². The maximum atomic E-state index is 13.1. The molecule has 0 radical (unpaired) electrons. The van der Waals surface area contributed by atoms with Crippen LogP contribution in [0.5, 0.6) is 5.75 Å². The molecule has 13 heteroatoms. The Morgan fingerprint density at radius 1 is 1.12 bits per heavy atom. The molecular weight excluding hydrogens is 555 g/mol. The van der Waals surface area contributed by atoms with Gasteiger partial charge in [-0.15, -0.1) is 12.4 Å². The molecule has 4 aromatic rings. The van der Waals surface area contributed by atoms with Gasteiger partial charge in [0.05, 0.1) is 35.2 Å². The summed E-state index contributed by atoms with van der Waals surface area (Å²) < 4.78 is 8.68. The van der Waals surface area contributed by atoms with Crippen molar-refractivity contribution in [3.05, 3.63) is 70.8 Å². The number of fused-ring (bicyclic) bond motifs is 1. The van der Waals surface area contributed by atoms with E-state index in [4.69, 9.17) is 16.3 Å². The fourth-order valence-corrected chi connectivity index (χ4v) is 4.26. The second-order valence-corrected chi connectivity index (χ2v) is 9.60. The maximum absolute atomic E-state index is 13.1. The molecule has 0 fully saturated rings. The molecule has 0 unspecified atom stereocenters. The second kappa shape index (κ2) is 12.9. The van der Waals surface area contributed by atoms with Crippen molar-refractivity contribution in [1.82, 2.24) is 24.0 Å². The number of aryl methyl sites for hydroxylation is 1. The number of benzene rings is 2. The highest BCUT2D eigenvalue weighted by Crippen LogP contribution is 2.38. The van der Waals surface area contributed by atoms with E-state index in [0.29, 0.717) is 39.0 Å². The Morgan fingerprint density at radius 3 is 2.55 bits per heavy atom. The van der Waals surface area contributed by atoms with Gasteiger partial charge in [-0.3, -0.25) is 9.36 Å². The molecule has 212 valence electrons. The van der Waals surface area contributed by atoms with Crippen molar-refractivity contribution in [2.75, 3.05) is 56.9 Å². The van der Waals surface area contributed by atoms with Gasteiger partial charge in [0.1, 0.15) is 11.6 Å². The van der Waals surface area contributed by atoms with E-state index in [9.17, 15) is 9.59 Å². The van der Waals surface area contributed by atoms with Crippen molar-refractivity contribution in [1.29, 1.82) is 0 Å². The summed E-state index contributed by atoms with van der Waals surface area (Å²) in [6, 6.07) is 10.5. The maximum Gasteiger partial charge on any atom is 0.334 e. The van der Waals surface area contributed by atoms with Crippen molar-refractivity contribution in [3.8, 4) is 11.6 Å². The quantitative estimate of drug-likeness (QED) is 0.268. The minimum Gasteiger partial charge on any atom is -0.494 e. The molecule has 0 saturated carbocycles. The van der Waals surface area contributed by atoms with E-state index in [-0.39, 0.29) is 30.0 Å². The Morgan fingerprint density at radius 2 is 1.88 bits per heavy atom. The molecule has 0 aliphatic carbocycles. The van der Waals surface area contributed by atoms with Crippen LogP contribution < -0.4 is 26.0 Å². The highest BCUT2D eigenvalue weighted by molar-refractivity contribution is 6.31. The van der Waals surface area contributed by atoms with Crippen molar-refractivity contribution in [2.24, 2.45) is 7.05 Å². The number of halogens is 2. The van der Waals surface area contributed by atoms with Gasteiger partial charge in [-0.1, -0.05) is 18.2 Å². The Kier molecular flexibility index (Phi) is 9.80. The zero-order valence-electron chi connectivity index (χ0n) is 22.9. The highest BCUT2D eigenvalue weighted by atomic mass is 35.5. The molecule has 2 N–H and O–H groups in total. The number of nitrogens with zero attached hydrogens (tertiary/aromatic N) is 6. The van der Waals surface area contributed by atoms with Crippen molar-refractivity contribution >= 4 is 64.0 Å². The number of carbonyl (C=O) groups excluding carboxylic acids is 1. The molecule has 4 rings (SSSR count). The molecule has 0 bridgehead atoms. The van der Waals surface area contributed by atoms with E-state index in [0.717, 1.165) is 18.8 Å². The number of amides is 1. The molecule has 1 amide bonds. The minimum atomic E-state index is -0.345. The number of nitrogens with one attached hydrogen (secondary N) is 2. The molecular formula is C27H32Cl2N8O3. The summed E-state index contributed by atoms with van der Waals surface area (Å²) in [5.74, 6) is 0.786. The summed E-state index contributed by atoms with van der Waals surface area (Å²) in [4.78, 5) is 38.3. The Labute approximate surface area is 243 Å². The number of aromatic nitrogens is 4. The number of carbonyl (C=O) groups is 1. The summed E-state index contributed by atoms with van der Waals surface area (Å²) in [5.41, 5.74) is 2.92. The Balaban J connectivity index is 0.00000441. The van der Waals surface area contributed by atoms with Crippen LogP contribution in [0.2, 0.25) is 5.02 Å². The highest BCUT2D eigenvalue weighted by Gasteiger charge is 2.18. The van der Waals surface area contributed by atoms with E-state index >= 15 is 0 Å². The van der Waals surface area contributed by atoms with Crippen LogP contribution in [0.1, 0.15) is 0 Å². The summed E-state index contributed by atoms with van der Waals surface area (Å²) in [5, 5.41) is 6.57. The molecule has 2 heterocycles. The summed E-state index contributed by atoms with van der Waals surface area (Å²) in [6.45, 7) is 5.09. The van der Waals surface area contributed by atoms with E-state index in [1.807, 2.05) is 32.1 Å². The molecule has 0 aliphatic rings. The lowest BCUT2D eigenvalue weighted by Gasteiger charge is -2.26. The lowest BCUT2D eigenvalue weighted by atomic mass is 10.2. The molecule has 40 heavy (non-hydrogen) atoms. The zero-order chi connectivity index (χ0) is 28.3. The fraction of sp³-hybridized carbons (Fsp3) is 0.259. The first-order valence-electron chi connectivity index (χ1n) is 12.1. The summed E-state index contributed by atoms with van der Waals surface area (Å²) >= 11 is 6.15. The third-order valence-corrected chi connectivity index (χ3v) is 6.42. The van der Waals surface area contributed by atoms with Gasteiger partial charge in [0.2, 0.25) is 11.9 Å². The van der Waals surface area contributed by atoms with Crippen LogP contribution in [0.4, 0.5) is 23.0 Å². The number of likely N-dealkylation sites (N-methyl/N-ethyl adjacent to an activating group) is 2. The van der Waals surface area contributed by atoms with Crippen molar-refractivity contribution in [2.45, 2.75) is 0 Å². The van der Waals surface area contributed by atoms with E-state index in [2.05, 4.69) is 32.1 Å².